The quantitative estimate of drug-likeness (QED) is 0.853. The van der Waals surface area contributed by atoms with Crippen molar-refractivity contribution in [1.29, 1.82) is 0 Å². The Morgan fingerprint density at radius 3 is 2.74 bits per heavy atom. The van der Waals surface area contributed by atoms with E-state index < -0.39 is 0 Å². The van der Waals surface area contributed by atoms with Crippen LogP contribution in [0.4, 0.5) is 0 Å². The SMILES string of the molecule is CCC1CCCC1NCc1ccc(OC)cc1OC. The summed E-state index contributed by atoms with van der Waals surface area (Å²) in [5.41, 5.74) is 1.20. The first-order valence-corrected chi connectivity index (χ1v) is 7.22. The minimum absolute atomic E-state index is 0.664. The van der Waals surface area contributed by atoms with E-state index in [2.05, 4.69) is 18.3 Å². The fourth-order valence-corrected chi connectivity index (χ4v) is 3.03. The number of methoxy groups -OCH3 is 2. The summed E-state index contributed by atoms with van der Waals surface area (Å²) in [6, 6.07) is 6.69. The molecule has 2 rings (SSSR count). The maximum absolute atomic E-state index is 5.44. The number of ether oxygens (including phenoxy) is 2. The first-order valence-electron chi connectivity index (χ1n) is 7.22. The van der Waals surface area contributed by atoms with Crippen molar-refractivity contribution in [3.05, 3.63) is 23.8 Å². The van der Waals surface area contributed by atoms with E-state index in [1.165, 1.54) is 31.2 Å². The molecule has 3 nitrogen and oxygen atoms in total. The molecule has 0 bridgehead atoms. The second-order valence-electron chi connectivity index (χ2n) is 5.26. The Bertz CT molecular complexity index is 406. The van der Waals surface area contributed by atoms with E-state index >= 15 is 0 Å². The molecule has 0 amide bonds. The second kappa shape index (κ2) is 6.80. The summed E-state index contributed by atoms with van der Waals surface area (Å²) in [7, 11) is 3.39. The molecular formula is C16H25NO2. The third-order valence-electron chi connectivity index (χ3n) is 4.23. The van der Waals surface area contributed by atoms with Gasteiger partial charge in [0.05, 0.1) is 14.2 Å². The van der Waals surface area contributed by atoms with Crippen LogP contribution in [-0.4, -0.2) is 20.3 Å². The van der Waals surface area contributed by atoms with Gasteiger partial charge < -0.3 is 14.8 Å². The molecule has 2 unspecified atom stereocenters. The lowest BCUT2D eigenvalue weighted by Gasteiger charge is -2.20. The summed E-state index contributed by atoms with van der Waals surface area (Å²) >= 11 is 0. The monoisotopic (exact) mass is 263 g/mol. The molecule has 1 aliphatic carbocycles. The zero-order valence-electron chi connectivity index (χ0n) is 12.2. The van der Waals surface area contributed by atoms with Gasteiger partial charge in [0.1, 0.15) is 11.5 Å². The van der Waals surface area contributed by atoms with Crippen LogP contribution in [0.1, 0.15) is 38.2 Å². The van der Waals surface area contributed by atoms with Gasteiger partial charge >= 0.3 is 0 Å². The minimum atomic E-state index is 0.664. The van der Waals surface area contributed by atoms with Gasteiger partial charge in [0.25, 0.3) is 0 Å². The van der Waals surface area contributed by atoms with Crippen LogP contribution in [0.25, 0.3) is 0 Å². The van der Waals surface area contributed by atoms with Gasteiger partial charge in [0.15, 0.2) is 0 Å². The zero-order valence-corrected chi connectivity index (χ0v) is 12.2. The van der Waals surface area contributed by atoms with E-state index in [-0.39, 0.29) is 0 Å². The highest BCUT2D eigenvalue weighted by Crippen LogP contribution is 2.29. The molecule has 0 saturated heterocycles. The Hall–Kier alpha value is -1.22. The number of benzene rings is 1. The Morgan fingerprint density at radius 2 is 2.05 bits per heavy atom. The van der Waals surface area contributed by atoms with E-state index in [0.29, 0.717) is 6.04 Å². The molecule has 1 N–H and O–H groups in total. The average Bonchev–Trinajstić information content (AvgIpc) is 2.92. The fourth-order valence-electron chi connectivity index (χ4n) is 3.03. The van der Waals surface area contributed by atoms with Crippen LogP contribution in [0, 0.1) is 5.92 Å². The topological polar surface area (TPSA) is 30.5 Å². The fraction of sp³-hybridized carbons (Fsp3) is 0.625. The van der Waals surface area contributed by atoms with Crippen LogP contribution in [0.15, 0.2) is 18.2 Å². The number of hydrogen-bond acceptors (Lipinski definition) is 3. The molecule has 3 heteroatoms. The van der Waals surface area contributed by atoms with Crippen LogP contribution in [0.3, 0.4) is 0 Å². The molecule has 0 aliphatic heterocycles. The van der Waals surface area contributed by atoms with Gasteiger partial charge in [0.2, 0.25) is 0 Å². The molecule has 1 aromatic carbocycles. The van der Waals surface area contributed by atoms with Crippen molar-refractivity contribution in [1.82, 2.24) is 5.32 Å². The zero-order chi connectivity index (χ0) is 13.7. The second-order valence-corrected chi connectivity index (χ2v) is 5.26. The van der Waals surface area contributed by atoms with Crippen LogP contribution in [-0.2, 0) is 6.54 Å². The number of nitrogens with one attached hydrogen (secondary N) is 1. The molecule has 1 aliphatic rings. The van der Waals surface area contributed by atoms with Gasteiger partial charge in [-0.05, 0) is 24.8 Å². The van der Waals surface area contributed by atoms with Gasteiger partial charge in [0, 0.05) is 24.2 Å². The lowest BCUT2D eigenvalue weighted by atomic mass is 10.0. The van der Waals surface area contributed by atoms with Crippen molar-refractivity contribution in [2.75, 3.05) is 14.2 Å². The normalized spacial score (nSPS) is 22.5. The Labute approximate surface area is 116 Å². The third kappa shape index (κ3) is 3.41. The lowest BCUT2D eigenvalue weighted by molar-refractivity contribution is 0.373. The predicted molar refractivity (Wildman–Crippen MR) is 77.8 cm³/mol. The Kier molecular flexibility index (Phi) is 5.08. The van der Waals surface area contributed by atoms with Gasteiger partial charge in [-0.25, -0.2) is 0 Å². The minimum Gasteiger partial charge on any atom is -0.497 e. The molecule has 1 aromatic rings. The highest BCUT2D eigenvalue weighted by molar-refractivity contribution is 5.40. The molecule has 106 valence electrons. The van der Waals surface area contributed by atoms with E-state index in [9.17, 15) is 0 Å². The standard InChI is InChI=1S/C16H25NO2/c1-4-12-6-5-7-15(12)17-11-13-8-9-14(18-2)10-16(13)19-3/h8-10,12,15,17H,4-7,11H2,1-3H3. The smallest absolute Gasteiger partial charge is 0.127 e. The van der Waals surface area contributed by atoms with E-state index in [1.54, 1.807) is 14.2 Å². The molecule has 0 aromatic heterocycles. The summed E-state index contributed by atoms with van der Waals surface area (Å²) < 4.78 is 10.7. The maximum atomic E-state index is 5.44. The highest BCUT2D eigenvalue weighted by Gasteiger charge is 2.25. The van der Waals surface area contributed by atoms with Gasteiger partial charge in [-0.2, -0.15) is 0 Å². The summed E-state index contributed by atoms with van der Waals surface area (Å²) in [6.07, 6.45) is 5.30. The molecule has 2 atom stereocenters. The van der Waals surface area contributed by atoms with Gasteiger partial charge in [-0.3, -0.25) is 0 Å². The summed E-state index contributed by atoms with van der Waals surface area (Å²) in [5, 5.41) is 3.69. The number of hydrogen-bond donors (Lipinski definition) is 1. The van der Waals surface area contributed by atoms with Gasteiger partial charge in [-0.15, -0.1) is 0 Å². The van der Waals surface area contributed by atoms with Gasteiger partial charge in [-0.1, -0.05) is 25.8 Å². The van der Waals surface area contributed by atoms with E-state index in [0.717, 1.165) is 24.0 Å². The molecule has 0 radical (unpaired) electrons. The molecular weight excluding hydrogens is 238 g/mol. The van der Waals surface area contributed by atoms with Crippen molar-refractivity contribution < 1.29 is 9.47 Å². The van der Waals surface area contributed by atoms with Crippen molar-refractivity contribution >= 4 is 0 Å². The van der Waals surface area contributed by atoms with Crippen molar-refractivity contribution in [3.8, 4) is 11.5 Å². The molecule has 0 heterocycles. The lowest BCUT2D eigenvalue weighted by Crippen LogP contribution is -2.31. The summed E-state index contributed by atoms with van der Waals surface area (Å²) in [6.45, 7) is 3.16. The van der Waals surface area contributed by atoms with Crippen LogP contribution in [0.5, 0.6) is 11.5 Å². The van der Waals surface area contributed by atoms with Crippen molar-refractivity contribution in [2.45, 2.75) is 45.2 Å². The largest absolute Gasteiger partial charge is 0.497 e. The van der Waals surface area contributed by atoms with E-state index in [1.807, 2.05) is 12.1 Å². The first kappa shape index (κ1) is 14.2. The molecule has 0 spiro atoms. The van der Waals surface area contributed by atoms with Crippen LogP contribution in [0.2, 0.25) is 0 Å². The first-order chi connectivity index (χ1) is 9.28. The van der Waals surface area contributed by atoms with Crippen LogP contribution >= 0.6 is 0 Å². The maximum Gasteiger partial charge on any atom is 0.127 e. The third-order valence-corrected chi connectivity index (χ3v) is 4.23. The molecule has 1 fully saturated rings. The predicted octanol–water partition coefficient (Wildman–Crippen LogP) is 3.37. The molecule has 1 saturated carbocycles. The average molecular weight is 263 g/mol. The Morgan fingerprint density at radius 1 is 1.21 bits per heavy atom. The van der Waals surface area contributed by atoms with E-state index in [4.69, 9.17) is 9.47 Å². The highest BCUT2D eigenvalue weighted by atomic mass is 16.5. The molecule has 19 heavy (non-hydrogen) atoms. The van der Waals surface area contributed by atoms with Crippen molar-refractivity contribution in [2.24, 2.45) is 5.92 Å². The summed E-state index contributed by atoms with van der Waals surface area (Å²) in [4.78, 5) is 0. The Balaban J connectivity index is 1.99. The van der Waals surface area contributed by atoms with Crippen LogP contribution < -0.4 is 14.8 Å². The number of rotatable bonds is 6. The van der Waals surface area contributed by atoms with Crippen molar-refractivity contribution in [3.63, 3.8) is 0 Å². The summed E-state index contributed by atoms with van der Waals surface area (Å²) in [5.74, 6) is 2.58.